The number of benzene rings is 1. The van der Waals surface area contributed by atoms with Crippen molar-refractivity contribution in [2.45, 2.75) is 64.5 Å². The molecule has 2 aliphatic rings. The molecule has 39 heavy (non-hydrogen) atoms. The number of aromatic amines is 1. The summed E-state index contributed by atoms with van der Waals surface area (Å²) in [6.07, 6.45) is 4.73. The van der Waals surface area contributed by atoms with Crippen molar-refractivity contribution in [2.75, 3.05) is 31.5 Å². The number of aromatic nitrogens is 3. The number of ether oxygens (including phenoxy) is 1. The minimum atomic E-state index is -0.566. The van der Waals surface area contributed by atoms with Gasteiger partial charge in [0.1, 0.15) is 17.2 Å². The first-order valence-corrected chi connectivity index (χ1v) is 14.1. The second-order valence-corrected chi connectivity index (χ2v) is 12.0. The normalized spacial score (nSPS) is 17.9. The Kier molecular flexibility index (Phi) is 8.09. The average Bonchev–Trinajstić information content (AvgIpc) is 3.31. The molecule has 1 aromatic carbocycles. The highest BCUT2D eigenvalue weighted by atomic mass is 35.5. The summed E-state index contributed by atoms with van der Waals surface area (Å²) >= 11 is 6.12. The summed E-state index contributed by atoms with van der Waals surface area (Å²) in [4.78, 5) is 42.2. The van der Waals surface area contributed by atoms with E-state index in [1.165, 1.54) is 0 Å². The molecule has 2 aromatic heterocycles. The predicted molar refractivity (Wildman–Crippen MR) is 152 cm³/mol. The fourth-order valence-corrected chi connectivity index (χ4v) is 5.64. The zero-order chi connectivity index (χ0) is 27.6. The third kappa shape index (κ3) is 7.08. The summed E-state index contributed by atoms with van der Waals surface area (Å²) < 4.78 is 5.31. The van der Waals surface area contributed by atoms with E-state index < -0.39 is 11.7 Å². The van der Waals surface area contributed by atoms with Crippen molar-refractivity contribution in [3.05, 3.63) is 52.9 Å². The van der Waals surface area contributed by atoms with Gasteiger partial charge in [0, 0.05) is 42.7 Å². The van der Waals surface area contributed by atoms with E-state index in [1.807, 2.05) is 56.0 Å². The Morgan fingerprint density at radius 1 is 1.08 bits per heavy atom. The van der Waals surface area contributed by atoms with Crippen molar-refractivity contribution in [3.63, 3.8) is 0 Å². The highest BCUT2D eigenvalue weighted by molar-refractivity contribution is 6.31. The van der Waals surface area contributed by atoms with Gasteiger partial charge in [-0.1, -0.05) is 11.6 Å². The second kappa shape index (κ2) is 11.5. The smallest absolute Gasteiger partial charge is 0.413 e. The number of nitrogens with one attached hydrogen (secondary N) is 2. The number of H-pyrrole nitrogens is 1. The van der Waals surface area contributed by atoms with E-state index >= 15 is 0 Å². The molecular formula is C29H37ClN6O3. The van der Waals surface area contributed by atoms with Crippen molar-refractivity contribution in [3.8, 4) is 0 Å². The lowest BCUT2D eigenvalue weighted by molar-refractivity contribution is -0.138. The Morgan fingerprint density at radius 2 is 1.82 bits per heavy atom. The lowest BCUT2D eigenvalue weighted by Gasteiger charge is -2.37. The summed E-state index contributed by atoms with van der Waals surface area (Å²) in [5.41, 5.74) is 2.39. The molecule has 5 rings (SSSR count). The maximum atomic E-state index is 13.3. The van der Waals surface area contributed by atoms with Crippen LogP contribution in [0.3, 0.4) is 0 Å². The van der Waals surface area contributed by atoms with Gasteiger partial charge in [-0.2, -0.15) is 0 Å². The number of likely N-dealkylation sites (tertiary alicyclic amines) is 2. The van der Waals surface area contributed by atoms with E-state index in [0.29, 0.717) is 16.8 Å². The number of hydrogen-bond donors (Lipinski definition) is 2. The largest absolute Gasteiger partial charge is 0.444 e. The molecular weight excluding hydrogens is 516 g/mol. The van der Waals surface area contributed by atoms with Gasteiger partial charge in [0.15, 0.2) is 0 Å². The molecule has 0 spiro atoms. The number of amides is 2. The monoisotopic (exact) mass is 552 g/mol. The molecule has 2 amide bonds. The van der Waals surface area contributed by atoms with E-state index in [1.54, 1.807) is 6.20 Å². The number of rotatable bonds is 5. The molecule has 4 heterocycles. The number of imidazole rings is 1. The maximum absolute atomic E-state index is 13.3. The van der Waals surface area contributed by atoms with E-state index in [4.69, 9.17) is 21.3 Å². The van der Waals surface area contributed by atoms with Crippen LogP contribution in [-0.4, -0.2) is 68.5 Å². The number of piperidine rings is 2. The molecule has 10 heteroatoms. The summed E-state index contributed by atoms with van der Waals surface area (Å²) in [6, 6.07) is 9.55. The van der Waals surface area contributed by atoms with Gasteiger partial charge in [0.25, 0.3) is 0 Å². The molecule has 2 N–H and O–H groups in total. The van der Waals surface area contributed by atoms with Crippen LogP contribution >= 0.6 is 11.6 Å². The van der Waals surface area contributed by atoms with Crippen molar-refractivity contribution in [1.29, 1.82) is 0 Å². The van der Waals surface area contributed by atoms with Crippen molar-refractivity contribution >= 4 is 40.5 Å². The zero-order valence-electron chi connectivity index (χ0n) is 22.9. The minimum Gasteiger partial charge on any atom is -0.444 e. The first-order chi connectivity index (χ1) is 18.6. The first-order valence-electron chi connectivity index (χ1n) is 13.7. The van der Waals surface area contributed by atoms with Gasteiger partial charge in [0.2, 0.25) is 5.91 Å². The molecule has 2 aliphatic heterocycles. The Bertz CT molecular complexity index is 1320. The quantitative estimate of drug-likeness (QED) is 0.428. The molecule has 2 fully saturated rings. The number of nitrogens with zero attached hydrogens (tertiary/aromatic N) is 4. The zero-order valence-corrected chi connectivity index (χ0v) is 23.6. The Hall–Kier alpha value is -3.17. The van der Waals surface area contributed by atoms with Crippen LogP contribution in [0, 0.1) is 5.92 Å². The van der Waals surface area contributed by atoms with Gasteiger partial charge in [-0.05, 0) is 95.4 Å². The maximum Gasteiger partial charge on any atom is 0.413 e. The molecule has 0 unspecified atom stereocenters. The summed E-state index contributed by atoms with van der Waals surface area (Å²) in [5.74, 6) is 2.16. The first kappa shape index (κ1) is 27.4. The number of hydrogen-bond acceptors (Lipinski definition) is 6. The Morgan fingerprint density at radius 3 is 2.54 bits per heavy atom. The summed E-state index contributed by atoms with van der Waals surface area (Å²) in [6.45, 7) is 9.50. The van der Waals surface area contributed by atoms with Crippen LogP contribution in [-0.2, 0) is 16.1 Å². The Balaban J connectivity index is 1.08. The highest BCUT2D eigenvalue weighted by Crippen LogP contribution is 2.30. The van der Waals surface area contributed by atoms with Gasteiger partial charge in [-0.15, -0.1) is 0 Å². The van der Waals surface area contributed by atoms with Gasteiger partial charge in [0.05, 0.1) is 11.0 Å². The molecule has 2 saturated heterocycles. The van der Waals surface area contributed by atoms with Gasteiger partial charge < -0.3 is 14.6 Å². The number of fused-ring (bicyclic) bond motifs is 1. The van der Waals surface area contributed by atoms with Crippen molar-refractivity contribution < 1.29 is 14.3 Å². The van der Waals surface area contributed by atoms with Crippen LogP contribution < -0.4 is 5.32 Å². The van der Waals surface area contributed by atoms with Crippen LogP contribution in [0.2, 0.25) is 5.02 Å². The lowest BCUT2D eigenvalue weighted by atomic mass is 9.91. The van der Waals surface area contributed by atoms with Crippen LogP contribution in [0.5, 0.6) is 0 Å². The second-order valence-electron chi connectivity index (χ2n) is 11.6. The highest BCUT2D eigenvalue weighted by Gasteiger charge is 2.32. The lowest BCUT2D eigenvalue weighted by Crippen LogP contribution is -2.45. The minimum absolute atomic E-state index is 0.0768. The molecule has 0 bridgehead atoms. The molecule has 0 radical (unpaired) electrons. The topological polar surface area (TPSA) is 103 Å². The number of carbonyl (C=O) groups excluding carboxylic acids is 2. The fraction of sp³-hybridized carbons (Fsp3) is 0.517. The third-order valence-electron chi connectivity index (χ3n) is 7.45. The van der Waals surface area contributed by atoms with Crippen molar-refractivity contribution in [1.82, 2.24) is 24.8 Å². The number of carbonyl (C=O) groups is 2. The Labute approximate surface area is 234 Å². The number of pyridine rings is 1. The molecule has 3 aromatic rings. The van der Waals surface area contributed by atoms with E-state index in [2.05, 4.69) is 20.2 Å². The molecule has 0 atom stereocenters. The summed E-state index contributed by atoms with van der Waals surface area (Å²) in [7, 11) is 0. The summed E-state index contributed by atoms with van der Waals surface area (Å²) in [5, 5.41) is 3.40. The standard InChI is InChI=1S/C29H37ClN6O3/c1-29(2,3)39-28(38)34-25-16-19(6-11-31-25)18-35-12-7-21(8-13-35)27(37)36-14-9-20(10-15-36)26-32-23-5-4-22(30)17-24(23)33-26/h4-6,11,16-17,20-21H,7-10,12-15,18H2,1-3H3,(H,32,33)(H,31,34,38). The number of anilines is 1. The van der Waals surface area contributed by atoms with Gasteiger partial charge in [-0.3, -0.25) is 15.0 Å². The molecule has 9 nitrogen and oxygen atoms in total. The molecule has 0 aliphatic carbocycles. The molecule has 208 valence electrons. The predicted octanol–water partition coefficient (Wildman–Crippen LogP) is 5.58. The van der Waals surface area contributed by atoms with Crippen LogP contribution in [0.4, 0.5) is 10.6 Å². The van der Waals surface area contributed by atoms with E-state index in [-0.39, 0.29) is 11.8 Å². The van der Waals surface area contributed by atoms with Crippen molar-refractivity contribution in [2.24, 2.45) is 5.92 Å². The number of halogens is 1. The van der Waals surface area contributed by atoms with Crippen LogP contribution in [0.1, 0.15) is 63.8 Å². The van der Waals surface area contributed by atoms with Gasteiger partial charge >= 0.3 is 6.09 Å². The average molecular weight is 553 g/mol. The van der Waals surface area contributed by atoms with Crippen LogP contribution in [0.15, 0.2) is 36.5 Å². The fourth-order valence-electron chi connectivity index (χ4n) is 5.47. The third-order valence-corrected chi connectivity index (χ3v) is 7.69. The molecule has 0 saturated carbocycles. The van der Waals surface area contributed by atoms with E-state index in [0.717, 1.165) is 80.8 Å². The SMILES string of the molecule is CC(C)(C)OC(=O)Nc1cc(CN2CCC(C(=O)N3CCC(c4nc5ccc(Cl)cc5[nH]4)CC3)CC2)ccn1. The van der Waals surface area contributed by atoms with Gasteiger partial charge in [-0.25, -0.2) is 14.8 Å². The van der Waals surface area contributed by atoms with Crippen LogP contribution in [0.25, 0.3) is 11.0 Å². The van der Waals surface area contributed by atoms with E-state index in [9.17, 15) is 9.59 Å².